The third kappa shape index (κ3) is 5.74. The van der Waals surface area contributed by atoms with Gasteiger partial charge in [0.2, 0.25) is 0 Å². The van der Waals surface area contributed by atoms with Crippen molar-refractivity contribution >= 4 is 34.5 Å². The number of rotatable bonds is 9. The fourth-order valence-electron chi connectivity index (χ4n) is 3.26. The number of carbonyl (C=O) groups excluding carboxylic acids is 1. The van der Waals surface area contributed by atoms with Crippen LogP contribution in [0.5, 0.6) is 0 Å². The summed E-state index contributed by atoms with van der Waals surface area (Å²) in [6.45, 7) is 1.55. The van der Waals surface area contributed by atoms with E-state index in [9.17, 15) is 23.1 Å². The van der Waals surface area contributed by atoms with Crippen LogP contribution in [-0.4, -0.2) is 65.1 Å². The molecule has 0 saturated carbocycles. The maximum absolute atomic E-state index is 14.2. The molecule has 0 aliphatic heterocycles. The van der Waals surface area contributed by atoms with Crippen molar-refractivity contribution in [3.8, 4) is 11.4 Å². The van der Waals surface area contributed by atoms with Crippen LogP contribution in [0.25, 0.3) is 17.0 Å². The van der Waals surface area contributed by atoms with Gasteiger partial charge in [-0.25, -0.2) is 22.7 Å². The first-order valence-corrected chi connectivity index (χ1v) is 11.1. The van der Waals surface area contributed by atoms with Gasteiger partial charge >= 0.3 is 0 Å². The minimum absolute atomic E-state index is 0.0492. The summed E-state index contributed by atoms with van der Waals surface area (Å²) in [7, 11) is 0. The number of alkyl halides is 3. The number of pyridine rings is 1. The lowest BCUT2D eigenvalue weighted by atomic mass is 10.0. The largest absolute Gasteiger partial charge is 0.387 e. The molecule has 3 N–H and O–H groups in total. The Bertz CT molecular complexity index is 1390. The predicted molar refractivity (Wildman–Crippen MR) is 126 cm³/mol. The smallest absolute Gasteiger partial charge is 0.257 e. The molecule has 0 spiro atoms. The first-order chi connectivity index (χ1) is 17.0. The molecule has 0 aliphatic carbocycles. The molecule has 0 bridgehead atoms. The lowest BCUT2D eigenvalue weighted by Crippen LogP contribution is -2.42. The molecule has 0 fully saturated rings. The Labute approximate surface area is 208 Å². The molecule has 4 heterocycles. The highest BCUT2D eigenvalue weighted by Crippen LogP contribution is 2.27. The zero-order chi connectivity index (χ0) is 26.0. The number of nitrogens with zero attached hydrogens (tertiary/aromatic N) is 6. The van der Waals surface area contributed by atoms with E-state index in [-0.39, 0.29) is 11.3 Å². The molecule has 4 aromatic rings. The van der Waals surface area contributed by atoms with E-state index in [1.54, 1.807) is 12.1 Å². The Morgan fingerprint density at radius 3 is 2.64 bits per heavy atom. The second-order valence-corrected chi connectivity index (χ2v) is 8.94. The molecule has 190 valence electrons. The van der Waals surface area contributed by atoms with Gasteiger partial charge in [0.15, 0.2) is 5.65 Å². The van der Waals surface area contributed by atoms with Crippen LogP contribution in [-0.2, 0) is 6.54 Å². The highest BCUT2D eigenvalue weighted by Gasteiger charge is 2.27. The zero-order valence-corrected chi connectivity index (χ0v) is 19.9. The van der Waals surface area contributed by atoms with Crippen LogP contribution in [0.1, 0.15) is 24.2 Å². The fourth-order valence-corrected chi connectivity index (χ4v) is 3.40. The standard InChI is InChI=1S/C22H22ClF3N8O2/c1-22(2,36)18(24)9-29-21(35)14-7-27-16(17-8-28-20-3-12(23)5-31-34(17)20)4-15(14)32-13-6-30-33(10-13)11-19(25)26/h3-8,10,18-19,36H,9,11H2,1-2H3,(H,27,32)(H,29,35)/t18-/m1/s1. The Balaban J connectivity index is 1.68. The first kappa shape index (κ1) is 25.4. The molecule has 1 amide bonds. The number of aromatic nitrogens is 6. The molecule has 0 aliphatic rings. The summed E-state index contributed by atoms with van der Waals surface area (Å²) in [5.41, 5.74) is 0.348. The molecule has 14 heteroatoms. The van der Waals surface area contributed by atoms with Crippen molar-refractivity contribution in [3.63, 3.8) is 0 Å². The van der Waals surface area contributed by atoms with Crippen LogP contribution in [0.15, 0.2) is 43.1 Å². The average molecular weight is 523 g/mol. The van der Waals surface area contributed by atoms with E-state index in [0.29, 0.717) is 27.7 Å². The Kier molecular flexibility index (Phi) is 7.13. The van der Waals surface area contributed by atoms with Gasteiger partial charge < -0.3 is 15.7 Å². The highest BCUT2D eigenvalue weighted by atomic mass is 35.5. The van der Waals surface area contributed by atoms with Crippen molar-refractivity contribution in [2.24, 2.45) is 0 Å². The summed E-state index contributed by atoms with van der Waals surface area (Å²) in [5, 5.41) is 23.7. The average Bonchev–Trinajstić information content (AvgIpc) is 3.42. The van der Waals surface area contributed by atoms with Gasteiger partial charge in [-0.3, -0.25) is 14.5 Å². The molecule has 36 heavy (non-hydrogen) atoms. The maximum Gasteiger partial charge on any atom is 0.257 e. The molecule has 10 nitrogen and oxygen atoms in total. The number of anilines is 2. The molecule has 0 aromatic carbocycles. The van der Waals surface area contributed by atoms with E-state index in [1.165, 1.54) is 49.3 Å². The van der Waals surface area contributed by atoms with Crippen molar-refractivity contribution in [2.45, 2.75) is 38.6 Å². The normalized spacial score (nSPS) is 12.8. The monoisotopic (exact) mass is 522 g/mol. The maximum atomic E-state index is 14.2. The highest BCUT2D eigenvalue weighted by molar-refractivity contribution is 6.30. The summed E-state index contributed by atoms with van der Waals surface area (Å²) in [6, 6.07) is 3.16. The van der Waals surface area contributed by atoms with E-state index >= 15 is 0 Å². The van der Waals surface area contributed by atoms with Crippen molar-refractivity contribution in [3.05, 3.63) is 53.7 Å². The van der Waals surface area contributed by atoms with Gasteiger partial charge in [-0.1, -0.05) is 11.6 Å². The number of nitrogens with one attached hydrogen (secondary N) is 2. The SMILES string of the molecule is CC(C)(O)[C@H](F)CNC(=O)c1cnc(-c2cnc3cc(Cl)cnn23)cc1Nc1cnn(CC(F)F)c1. The number of fused-ring (bicyclic) bond motifs is 1. The predicted octanol–water partition coefficient (Wildman–Crippen LogP) is 3.49. The second-order valence-electron chi connectivity index (χ2n) is 8.50. The first-order valence-electron chi connectivity index (χ1n) is 10.7. The summed E-state index contributed by atoms with van der Waals surface area (Å²) >= 11 is 5.98. The Hall–Kier alpha value is -3.71. The summed E-state index contributed by atoms with van der Waals surface area (Å²) in [4.78, 5) is 21.5. The molecule has 1 atom stereocenters. The van der Waals surface area contributed by atoms with E-state index in [1.807, 2.05) is 0 Å². The summed E-state index contributed by atoms with van der Waals surface area (Å²) < 4.78 is 42.2. The van der Waals surface area contributed by atoms with E-state index in [0.717, 1.165) is 4.68 Å². The van der Waals surface area contributed by atoms with Crippen LogP contribution in [0.2, 0.25) is 5.02 Å². The minimum atomic E-state index is -2.59. The van der Waals surface area contributed by atoms with Crippen molar-refractivity contribution in [2.75, 3.05) is 11.9 Å². The molecular formula is C22H22ClF3N8O2. The molecule has 0 saturated heterocycles. The van der Waals surface area contributed by atoms with Crippen LogP contribution < -0.4 is 10.6 Å². The third-order valence-electron chi connectivity index (χ3n) is 5.18. The van der Waals surface area contributed by atoms with Crippen LogP contribution in [0.4, 0.5) is 24.5 Å². The molecule has 0 unspecified atom stereocenters. The molecule has 4 rings (SSSR count). The van der Waals surface area contributed by atoms with Gasteiger partial charge in [0.1, 0.15) is 18.4 Å². The summed E-state index contributed by atoms with van der Waals surface area (Å²) in [6.07, 6.45) is 2.63. The number of amides is 1. The van der Waals surface area contributed by atoms with Crippen LogP contribution >= 0.6 is 11.6 Å². The number of halogens is 4. The van der Waals surface area contributed by atoms with Crippen molar-refractivity contribution < 1.29 is 23.1 Å². The van der Waals surface area contributed by atoms with Crippen molar-refractivity contribution in [1.82, 2.24) is 34.7 Å². The lowest BCUT2D eigenvalue weighted by Gasteiger charge is -2.22. The van der Waals surface area contributed by atoms with Gasteiger partial charge in [-0.15, -0.1) is 0 Å². The van der Waals surface area contributed by atoms with Gasteiger partial charge in [-0.05, 0) is 19.9 Å². The number of hydrogen-bond donors (Lipinski definition) is 3. The molecular weight excluding hydrogens is 501 g/mol. The van der Waals surface area contributed by atoms with Gasteiger partial charge in [0, 0.05) is 18.5 Å². The van der Waals surface area contributed by atoms with Crippen molar-refractivity contribution in [1.29, 1.82) is 0 Å². The van der Waals surface area contributed by atoms with Crippen LogP contribution in [0.3, 0.4) is 0 Å². The minimum Gasteiger partial charge on any atom is -0.387 e. The quantitative estimate of drug-likeness (QED) is 0.307. The molecule has 0 radical (unpaired) electrons. The van der Waals surface area contributed by atoms with Gasteiger partial charge in [-0.2, -0.15) is 10.2 Å². The fraction of sp³-hybridized carbons (Fsp3) is 0.318. The number of hydrogen-bond acceptors (Lipinski definition) is 7. The van der Waals surface area contributed by atoms with E-state index in [4.69, 9.17) is 11.6 Å². The number of imidazole rings is 1. The topological polar surface area (TPSA) is 122 Å². The van der Waals surface area contributed by atoms with Gasteiger partial charge in [0.05, 0.1) is 58.4 Å². The Morgan fingerprint density at radius 2 is 1.92 bits per heavy atom. The lowest BCUT2D eigenvalue weighted by molar-refractivity contribution is -0.00177. The zero-order valence-electron chi connectivity index (χ0n) is 19.2. The summed E-state index contributed by atoms with van der Waals surface area (Å²) in [5.74, 6) is -0.661. The second kappa shape index (κ2) is 10.1. The number of carbonyl (C=O) groups is 1. The third-order valence-corrected chi connectivity index (χ3v) is 5.39. The van der Waals surface area contributed by atoms with Gasteiger partial charge in [0.25, 0.3) is 12.3 Å². The van der Waals surface area contributed by atoms with Crippen LogP contribution in [0, 0.1) is 0 Å². The van der Waals surface area contributed by atoms with E-state index in [2.05, 4.69) is 30.8 Å². The Morgan fingerprint density at radius 1 is 1.14 bits per heavy atom. The number of aliphatic hydroxyl groups is 1. The van der Waals surface area contributed by atoms with E-state index < -0.39 is 37.2 Å². The molecule has 4 aromatic heterocycles.